The molecule has 6 heteroatoms. The summed E-state index contributed by atoms with van der Waals surface area (Å²) in [6.45, 7) is 3.54. The van der Waals surface area contributed by atoms with E-state index in [4.69, 9.17) is 4.52 Å². The van der Waals surface area contributed by atoms with Gasteiger partial charge < -0.3 is 14.4 Å². The molecule has 1 amide bonds. The van der Waals surface area contributed by atoms with Crippen LogP contribution in [0.2, 0.25) is 0 Å². The van der Waals surface area contributed by atoms with Gasteiger partial charge in [-0.2, -0.15) is 4.98 Å². The Morgan fingerprint density at radius 2 is 2.17 bits per heavy atom. The van der Waals surface area contributed by atoms with Gasteiger partial charge in [0.15, 0.2) is 5.82 Å². The highest BCUT2D eigenvalue weighted by molar-refractivity contribution is 5.96. The van der Waals surface area contributed by atoms with Gasteiger partial charge in [0, 0.05) is 35.8 Å². The summed E-state index contributed by atoms with van der Waals surface area (Å²) >= 11 is 0. The molecule has 0 saturated heterocycles. The lowest BCUT2D eigenvalue weighted by Crippen LogP contribution is -2.24. The Bertz CT molecular complexity index is 876. The zero-order valence-electron chi connectivity index (χ0n) is 13.3. The van der Waals surface area contributed by atoms with Crippen molar-refractivity contribution in [3.63, 3.8) is 0 Å². The van der Waals surface area contributed by atoms with Crippen molar-refractivity contribution in [2.75, 3.05) is 0 Å². The largest absolute Gasteiger partial charge is 0.350 e. The highest BCUT2D eigenvalue weighted by atomic mass is 16.5. The molecule has 0 unspecified atom stereocenters. The lowest BCUT2D eigenvalue weighted by molar-refractivity contribution is -0.117. The predicted octanol–water partition coefficient (Wildman–Crippen LogP) is 2.76. The molecule has 0 aliphatic carbocycles. The Balaban J connectivity index is 1.73. The number of para-hydroxylation sites is 1. The SMILES string of the molecule is Cc1noc([C@@H](C)NC(=O)/C=C/c2cn(C)c3ccccc23)n1. The number of aromatic nitrogens is 3. The van der Waals surface area contributed by atoms with Crippen molar-refractivity contribution in [2.24, 2.45) is 7.05 Å². The number of carbonyl (C=O) groups excluding carboxylic acids is 1. The van der Waals surface area contributed by atoms with Gasteiger partial charge in [-0.25, -0.2) is 0 Å². The number of nitrogens with one attached hydrogen (secondary N) is 1. The van der Waals surface area contributed by atoms with E-state index in [9.17, 15) is 4.79 Å². The van der Waals surface area contributed by atoms with Gasteiger partial charge in [-0.1, -0.05) is 23.4 Å². The summed E-state index contributed by atoms with van der Waals surface area (Å²) in [4.78, 5) is 16.2. The summed E-state index contributed by atoms with van der Waals surface area (Å²) in [7, 11) is 1.99. The second-order valence-electron chi connectivity index (χ2n) is 5.46. The van der Waals surface area contributed by atoms with Gasteiger partial charge in [-0.3, -0.25) is 4.79 Å². The van der Waals surface area contributed by atoms with E-state index >= 15 is 0 Å². The quantitative estimate of drug-likeness (QED) is 0.752. The Hall–Kier alpha value is -2.89. The van der Waals surface area contributed by atoms with E-state index in [-0.39, 0.29) is 11.9 Å². The van der Waals surface area contributed by atoms with Crippen molar-refractivity contribution in [1.82, 2.24) is 20.0 Å². The molecule has 0 bridgehead atoms. The van der Waals surface area contributed by atoms with E-state index in [0.29, 0.717) is 11.7 Å². The molecule has 2 aromatic heterocycles. The average Bonchev–Trinajstić information content (AvgIpc) is 3.10. The van der Waals surface area contributed by atoms with Crippen LogP contribution in [0.5, 0.6) is 0 Å². The Morgan fingerprint density at radius 3 is 2.91 bits per heavy atom. The summed E-state index contributed by atoms with van der Waals surface area (Å²) < 4.78 is 7.09. The lowest BCUT2D eigenvalue weighted by atomic mass is 10.1. The number of nitrogens with zero attached hydrogens (tertiary/aromatic N) is 3. The van der Waals surface area contributed by atoms with Crippen LogP contribution in [-0.4, -0.2) is 20.6 Å². The fourth-order valence-electron chi connectivity index (χ4n) is 2.48. The van der Waals surface area contributed by atoms with Crippen molar-refractivity contribution in [2.45, 2.75) is 19.9 Å². The number of aryl methyl sites for hydroxylation is 2. The third kappa shape index (κ3) is 3.15. The Morgan fingerprint density at radius 1 is 1.39 bits per heavy atom. The molecule has 6 nitrogen and oxygen atoms in total. The number of benzene rings is 1. The summed E-state index contributed by atoms with van der Waals surface area (Å²) in [6.07, 6.45) is 5.32. The first kappa shape index (κ1) is 15.0. The molecule has 1 aromatic carbocycles. The number of rotatable bonds is 4. The zero-order chi connectivity index (χ0) is 16.4. The normalized spacial score (nSPS) is 12.8. The summed E-state index contributed by atoms with van der Waals surface area (Å²) in [5, 5.41) is 7.63. The molecule has 1 atom stereocenters. The molecule has 0 saturated carbocycles. The van der Waals surface area contributed by atoms with Crippen LogP contribution in [0.4, 0.5) is 0 Å². The highest BCUT2D eigenvalue weighted by Gasteiger charge is 2.14. The lowest BCUT2D eigenvalue weighted by Gasteiger charge is -2.06. The van der Waals surface area contributed by atoms with Gasteiger partial charge in [0.25, 0.3) is 0 Å². The fourth-order valence-corrected chi connectivity index (χ4v) is 2.48. The second-order valence-corrected chi connectivity index (χ2v) is 5.46. The molecule has 3 rings (SSSR count). The van der Waals surface area contributed by atoms with Crippen molar-refractivity contribution in [3.8, 4) is 0 Å². The van der Waals surface area contributed by atoms with Crippen molar-refractivity contribution < 1.29 is 9.32 Å². The maximum absolute atomic E-state index is 12.1. The second kappa shape index (κ2) is 6.08. The molecule has 118 valence electrons. The van der Waals surface area contributed by atoms with Crippen molar-refractivity contribution >= 4 is 22.9 Å². The van der Waals surface area contributed by atoms with Crippen LogP contribution in [0.1, 0.15) is 30.2 Å². The smallest absolute Gasteiger partial charge is 0.248 e. The van der Waals surface area contributed by atoms with E-state index in [1.807, 2.05) is 48.2 Å². The van der Waals surface area contributed by atoms with Gasteiger partial charge in [-0.15, -0.1) is 0 Å². The van der Waals surface area contributed by atoms with Crippen LogP contribution >= 0.6 is 0 Å². The molecule has 0 spiro atoms. The van der Waals surface area contributed by atoms with Crippen LogP contribution in [0.15, 0.2) is 41.1 Å². The molecule has 0 radical (unpaired) electrons. The molecular formula is C17H18N4O2. The maximum Gasteiger partial charge on any atom is 0.248 e. The Kier molecular flexibility index (Phi) is 3.97. The number of fused-ring (bicyclic) bond motifs is 1. The van der Waals surface area contributed by atoms with E-state index < -0.39 is 0 Å². The molecular weight excluding hydrogens is 292 g/mol. The van der Waals surface area contributed by atoms with Crippen molar-refractivity contribution in [1.29, 1.82) is 0 Å². The summed E-state index contributed by atoms with van der Waals surface area (Å²) in [5.74, 6) is 0.739. The minimum Gasteiger partial charge on any atom is -0.350 e. The minimum absolute atomic E-state index is 0.207. The monoisotopic (exact) mass is 310 g/mol. The standard InChI is InChI=1S/C17H18N4O2/c1-11(17-19-12(2)20-23-17)18-16(22)9-8-13-10-21(3)15-7-5-4-6-14(13)15/h4-11H,1-3H3,(H,18,22)/b9-8+/t11-/m1/s1. The summed E-state index contributed by atoms with van der Waals surface area (Å²) in [6, 6.07) is 7.74. The van der Waals surface area contributed by atoms with E-state index in [1.54, 1.807) is 13.8 Å². The first-order valence-corrected chi connectivity index (χ1v) is 7.37. The topological polar surface area (TPSA) is 73.0 Å². The number of hydrogen-bond donors (Lipinski definition) is 1. The van der Waals surface area contributed by atoms with Gasteiger partial charge in [-0.05, 0) is 26.0 Å². The van der Waals surface area contributed by atoms with Crippen LogP contribution < -0.4 is 5.32 Å². The molecule has 3 aromatic rings. The van der Waals surface area contributed by atoms with Crippen LogP contribution in [-0.2, 0) is 11.8 Å². The number of hydrogen-bond acceptors (Lipinski definition) is 4. The van der Waals surface area contributed by atoms with Gasteiger partial charge >= 0.3 is 0 Å². The van der Waals surface area contributed by atoms with Crippen LogP contribution in [0.25, 0.3) is 17.0 Å². The third-order valence-corrected chi connectivity index (χ3v) is 3.61. The van der Waals surface area contributed by atoms with Crippen LogP contribution in [0.3, 0.4) is 0 Å². The van der Waals surface area contributed by atoms with E-state index in [0.717, 1.165) is 16.5 Å². The first-order valence-electron chi connectivity index (χ1n) is 7.37. The van der Waals surface area contributed by atoms with E-state index in [1.165, 1.54) is 6.08 Å². The minimum atomic E-state index is -0.333. The van der Waals surface area contributed by atoms with Crippen molar-refractivity contribution in [3.05, 3.63) is 53.8 Å². The molecule has 23 heavy (non-hydrogen) atoms. The molecule has 0 aliphatic heterocycles. The first-order chi connectivity index (χ1) is 11.0. The molecule has 1 N–H and O–H groups in total. The maximum atomic E-state index is 12.1. The molecule has 2 heterocycles. The van der Waals surface area contributed by atoms with E-state index in [2.05, 4.69) is 15.5 Å². The Labute approximate surface area is 133 Å². The summed E-state index contributed by atoms with van der Waals surface area (Å²) in [5.41, 5.74) is 2.13. The third-order valence-electron chi connectivity index (χ3n) is 3.61. The van der Waals surface area contributed by atoms with Gasteiger partial charge in [0.2, 0.25) is 11.8 Å². The zero-order valence-corrected chi connectivity index (χ0v) is 13.3. The fraction of sp³-hybridized carbons (Fsp3) is 0.235. The number of carbonyl (C=O) groups is 1. The average molecular weight is 310 g/mol. The number of amides is 1. The molecule has 0 fully saturated rings. The van der Waals surface area contributed by atoms with Crippen LogP contribution in [0, 0.1) is 6.92 Å². The predicted molar refractivity (Wildman–Crippen MR) is 87.5 cm³/mol. The van der Waals surface area contributed by atoms with Gasteiger partial charge in [0.1, 0.15) is 6.04 Å². The molecule has 0 aliphatic rings. The highest BCUT2D eigenvalue weighted by Crippen LogP contribution is 2.21. The van der Waals surface area contributed by atoms with Gasteiger partial charge in [0.05, 0.1) is 0 Å².